The minimum absolute atomic E-state index is 0.229. The molecule has 3 N–H and O–H groups in total. The molecular weight excluding hydrogens is 406 g/mol. The van der Waals surface area contributed by atoms with Crippen LogP contribution in [0.4, 0.5) is 4.79 Å². The largest absolute Gasteiger partial charge is 0.444 e. The van der Waals surface area contributed by atoms with Gasteiger partial charge in [-0.05, 0) is 53.4 Å². The van der Waals surface area contributed by atoms with Gasteiger partial charge >= 0.3 is 6.09 Å². The molecule has 0 saturated heterocycles. The second-order valence-electron chi connectivity index (χ2n) is 9.39. The SMILES string of the molecule is CC(C)(C)OC(=O)NC1CCCCC1.Cc1ccccc1.NC(=O)c1cc(C2CC2)on1. The van der Waals surface area contributed by atoms with Crippen molar-refractivity contribution in [1.82, 2.24) is 10.5 Å². The molecule has 2 fully saturated rings. The quantitative estimate of drug-likeness (QED) is 0.652. The van der Waals surface area contributed by atoms with Crippen LogP contribution in [-0.2, 0) is 4.74 Å². The van der Waals surface area contributed by atoms with Crippen molar-refractivity contribution >= 4 is 12.0 Å². The maximum absolute atomic E-state index is 11.4. The molecule has 0 atom stereocenters. The number of alkyl carbamates (subject to hydrolysis) is 1. The van der Waals surface area contributed by atoms with Crippen molar-refractivity contribution in [3.8, 4) is 0 Å². The van der Waals surface area contributed by atoms with E-state index in [-0.39, 0.29) is 11.8 Å². The van der Waals surface area contributed by atoms with E-state index in [1.54, 1.807) is 6.07 Å². The van der Waals surface area contributed by atoms with Crippen molar-refractivity contribution in [3.63, 3.8) is 0 Å². The van der Waals surface area contributed by atoms with Gasteiger partial charge in [0.25, 0.3) is 5.91 Å². The summed E-state index contributed by atoms with van der Waals surface area (Å²) in [4.78, 5) is 22.0. The van der Waals surface area contributed by atoms with Crippen LogP contribution in [0.2, 0.25) is 0 Å². The molecule has 176 valence electrons. The van der Waals surface area contributed by atoms with Crippen LogP contribution in [0.5, 0.6) is 0 Å². The number of carbonyl (C=O) groups is 2. The molecule has 4 rings (SSSR count). The number of carbonyl (C=O) groups excluding carboxylic acids is 2. The van der Waals surface area contributed by atoms with Gasteiger partial charge in [-0.3, -0.25) is 4.79 Å². The highest BCUT2D eigenvalue weighted by atomic mass is 16.6. The topological polar surface area (TPSA) is 107 Å². The van der Waals surface area contributed by atoms with Crippen LogP contribution >= 0.6 is 0 Å². The van der Waals surface area contributed by atoms with E-state index in [0.29, 0.717) is 12.0 Å². The van der Waals surface area contributed by atoms with E-state index in [1.807, 2.05) is 39.0 Å². The molecule has 1 heterocycles. The summed E-state index contributed by atoms with van der Waals surface area (Å²) in [5.74, 6) is 0.745. The number of nitrogens with zero attached hydrogens (tertiary/aromatic N) is 1. The number of amides is 2. The predicted octanol–water partition coefficient (Wildman–Crippen LogP) is 5.49. The third-order valence-corrected chi connectivity index (χ3v) is 5.03. The van der Waals surface area contributed by atoms with Crippen molar-refractivity contribution in [3.05, 3.63) is 53.4 Å². The van der Waals surface area contributed by atoms with Crippen molar-refractivity contribution in [2.45, 2.75) is 90.2 Å². The fourth-order valence-corrected chi connectivity index (χ4v) is 3.22. The van der Waals surface area contributed by atoms with E-state index in [2.05, 4.69) is 29.5 Å². The monoisotopic (exact) mass is 443 g/mol. The van der Waals surface area contributed by atoms with Crippen molar-refractivity contribution < 1.29 is 18.8 Å². The van der Waals surface area contributed by atoms with Gasteiger partial charge in [0.1, 0.15) is 11.4 Å². The van der Waals surface area contributed by atoms with Gasteiger partial charge in [0, 0.05) is 18.0 Å². The maximum Gasteiger partial charge on any atom is 0.407 e. The summed E-state index contributed by atoms with van der Waals surface area (Å²) in [7, 11) is 0. The molecule has 0 aliphatic heterocycles. The zero-order chi connectivity index (χ0) is 23.6. The third-order valence-electron chi connectivity index (χ3n) is 5.03. The van der Waals surface area contributed by atoms with Gasteiger partial charge in [0.05, 0.1) is 0 Å². The lowest BCUT2D eigenvalue weighted by Crippen LogP contribution is -2.39. The number of ether oxygens (including phenoxy) is 1. The summed E-state index contributed by atoms with van der Waals surface area (Å²) >= 11 is 0. The molecule has 32 heavy (non-hydrogen) atoms. The van der Waals surface area contributed by atoms with Gasteiger partial charge in [0.2, 0.25) is 0 Å². The van der Waals surface area contributed by atoms with Crippen LogP contribution in [-0.4, -0.2) is 28.8 Å². The Morgan fingerprint density at radius 1 is 1.06 bits per heavy atom. The molecule has 1 aromatic carbocycles. The molecule has 1 aromatic heterocycles. The second kappa shape index (κ2) is 12.3. The van der Waals surface area contributed by atoms with Gasteiger partial charge in [-0.2, -0.15) is 0 Å². The molecule has 2 amide bonds. The molecule has 2 aliphatic carbocycles. The highest BCUT2D eigenvalue weighted by Gasteiger charge is 2.28. The molecule has 7 heteroatoms. The number of hydrogen-bond acceptors (Lipinski definition) is 5. The number of primary amides is 1. The third kappa shape index (κ3) is 10.5. The van der Waals surface area contributed by atoms with Crippen LogP contribution in [0.3, 0.4) is 0 Å². The van der Waals surface area contributed by atoms with Gasteiger partial charge in [-0.15, -0.1) is 0 Å². The molecule has 7 nitrogen and oxygen atoms in total. The summed E-state index contributed by atoms with van der Waals surface area (Å²) in [5.41, 5.74) is 6.15. The smallest absolute Gasteiger partial charge is 0.407 e. The lowest BCUT2D eigenvalue weighted by Gasteiger charge is -2.25. The molecule has 0 radical (unpaired) electrons. The first-order valence-corrected chi connectivity index (χ1v) is 11.4. The van der Waals surface area contributed by atoms with E-state index < -0.39 is 11.5 Å². The first kappa shape index (κ1) is 25.4. The van der Waals surface area contributed by atoms with Gasteiger partial charge < -0.3 is 20.3 Å². The predicted molar refractivity (Wildman–Crippen MR) is 124 cm³/mol. The standard InChI is InChI=1S/C11H21NO2.C7H8N2O2.C7H8/c1-11(2,3)14-10(13)12-9-7-5-4-6-8-9;8-7(10)5-3-6(11-9-5)4-1-2-4;1-7-5-3-2-4-6-7/h9H,4-8H2,1-3H3,(H,12,13);3-4H,1-2H2,(H2,8,10);2-6H,1H3. The number of rotatable bonds is 3. The van der Waals surface area contributed by atoms with Crippen LogP contribution < -0.4 is 11.1 Å². The zero-order valence-corrected chi connectivity index (χ0v) is 19.7. The van der Waals surface area contributed by atoms with Gasteiger partial charge in [0.15, 0.2) is 5.69 Å². The molecule has 0 unspecified atom stereocenters. The number of nitrogens with one attached hydrogen (secondary N) is 1. The summed E-state index contributed by atoms with van der Waals surface area (Å²) < 4.78 is 10.1. The molecule has 2 aliphatic rings. The fourth-order valence-electron chi connectivity index (χ4n) is 3.22. The number of aromatic nitrogens is 1. The van der Waals surface area contributed by atoms with Gasteiger partial charge in [-0.25, -0.2) is 4.79 Å². The van der Waals surface area contributed by atoms with Crippen LogP contribution in [0, 0.1) is 6.92 Å². The highest BCUT2D eigenvalue weighted by Crippen LogP contribution is 2.40. The number of aryl methyl sites for hydroxylation is 1. The fraction of sp³-hybridized carbons (Fsp3) is 0.560. The highest BCUT2D eigenvalue weighted by molar-refractivity contribution is 5.90. The van der Waals surface area contributed by atoms with Crippen LogP contribution in [0.1, 0.15) is 93.4 Å². The Balaban J connectivity index is 0.000000179. The van der Waals surface area contributed by atoms with E-state index in [9.17, 15) is 9.59 Å². The van der Waals surface area contributed by atoms with Crippen LogP contribution in [0.15, 0.2) is 40.9 Å². The minimum Gasteiger partial charge on any atom is -0.444 e. The Morgan fingerprint density at radius 3 is 2.12 bits per heavy atom. The Morgan fingerprint density at radius 2 is 1.69 bits per heavy atom. The first-order chi connectivity index (χ1) is 15.1. The van der Waals surface area contributed by atoms with Crippen LogP contribution in [0.25, 0.3) is 0 Å². The first-order valence-electron chi connectivity index (χ1n) is 11.4. The van der Waals surface area contributed by atoms with E-state index in [1.165, 1.54) is 24.8 Å². The Hall–Kier alpha value is -2.83. The molecular formula is C25H37N3O4. The summed E-state index contributed by atoms with van der Waals surface area (Å²) in [6, 6.07) is 12.2. The normalized spacial score (nSPS) is 16.0. The minimum atomic E-state index is -0.527. The Kier molecular flexibility index (Phi) is 9.75. The maximum atomic E-state index is 11.4. The van der Waals surface area contributed by atoms with E-state index in [0.717, 1.165) is 31.4 Å². The average Bonchev–Trinajstić information content (AvgIpc) is 3.45. The molecule has 0 spiro atoms. The number of nitrogens with two attached hydrogens (primary N) is 1. The Bertz CT molecular complexity index is 832. The summed E-state index contributed by atoms with van der Waals surface area (Å²) in [6.07, 6.45) is 7.93. The molecule has 2 aromatic rings. The lowest BCUT2D eigenvalue weighted by molar-refractivity contribution is 0.0493. The molecule has 0 bridgehead atoms. The second-order valence-corrected chi connectivity index (χ2v) is 9.39. The zero-order valence-electron chi connectivity index (χ0n) is 19.7. The Labute approximate surface area is 191 Å². The van der Waals surface area contributed by atoms with Gasteiger partial charge in [-0.1, -0.05) is 60.3 Å². The number of hydrogen-bond donors (Lipinski definition) is 2. The average molecular weight is 444 g/mol. The van der Waals surface area contributed by atoms with Crippen molar-refractivity contribution in [2.75, 3.05) is 0 Å². The van der Waals surface area contributed by atoms with E-state index in [4.69, 9.17) is 15.0 Å². The summed E-state index contributed by atoms with van der Waals surface area (Å²) in [6.45, 7) is 7.73. The van der Waals surface area contributed by atoms with Crippen molar-refractivity contribution in [2.24, 2.45) is 5.73 Å². The lowest BCUT2D eigenvalue weighted by atomic mass is 9.96. The van der Waals surface area contributed by atoms with E-state index >= 15 is 0 Å². The molecule has 2 saturated carbocycles. The van der Waals surface area contributed by atoms with Crippen molar-refractivity contribution in [1.29, 1.82) is 0 Å². The number of benzene rings is 1. The summed E-state index contributed by atoms with van der Waals surface area (Å²) in [5, 5.41) is 6.44.